The molecule has 0 amide bonds. The number of nitrogens with zero attached hydrogens (tertiary/aromatic N) is 1. The van der Waals surface area contributed by atoms with Gasteiger partial charge in [-0.15, -0.1) is 0 Å². The zero-order valence-electron chi connectivity index (χ0n) is 11.2. The van der Waals surface area contributed by atoms with E-state index in [2.05, 4.69) is 42.0 Å². The van der Waals surface area contributed by atoms with Crippen LogP contribution in [0.3, 0.4) is 0 Å². The summed E-state index contributed by atoms with van der Waals surface area (Å²) in [6, 6.07) is 8.86. The summed E-state index contributed by atoms with van der Waals surface area (Å²) < 4.78 is 7.39. The molecule has 0 aliphatic carbocycles. The maximum absolute atomic E-state index is 5.90. The Morgan fingerprint density at radius 3 is 2.89 bits per heavy atom. The van der Waals surface area contributed by atoms with Crippen molar-refractivity contribution >= 4 is 10.9 Å². The van der Waals surface area contributed by atoms with Gasteiger partial charge in [0, 0.05) is 43.4 Å². The van der Waals surface area contributed by atoms with Crippen molar-refractivity contribution < 1.29 is 4.74 Å². The summed E-state index contributed by atoms with van der Waals surface area (Å²) in [5, 5.41) is 1.33. The van der Waals surface area contributed by atoms with E-state index in [9.17, 15) is 0 Å². The second-order valence-corrected chi connectivity index (χ2v) is 4.89. The fourth-order valence-corrected chi connectivity index (χ4v) is 2.39. The van der Waals surface area contributed by atoms with Gasteiger partial charge in [-0.3, -0.25) is 0 Å². The van der Waals surface area contributed by atoms with Crippen LogP contribution in [0.4, 0.5) is 0 Å². The largest absolute Gasteiger partial charge is 0.385 e. The molecule has 1 aromatic heterocycles. The van der Waals surface area contributed by atoms with Gasteiger partial charge in [-0.2, -0.15) is 0 Å². The van der Waals surface area contributed by atoms with Crippen molar-refractivity contribution in [3.8, 4) is 0 Å². The van der Waals surface area contributed by atoms with Crippen LogP contribution in [-0.4, -0.2) is 24.3 Å². The van der Waals surface area contributed by atoms with E-state index in [1.54, 1.807) is 7.11 Å². The number of hydrogen-bond acceptors (Lipinski definition) is 2. The van der Waals surface area contributed by atoms with Crippen LogP contribution in [0.1, 0.15) is 18.9 Å². The highest BCUT2D eigenvalue weighted by Crippen LogP contribution is 2.21. The quantitative estimate of drug-likeness (QED) is 0.796. The first-order valence-corrected chi connectivity index (χ1v) is 6.53. The van der Waals surface area contributed by atoms with E-state index in [0.717, 1.165) is 26.0 Å². The summed E-state index contributed by atoms with van der Waals surface area (Å²) in [7, 11) is 1.74. The van der Waals surface area contributed by atoms with Crippen LogP contribution >= 0.6 is 0 Å². The molecule has 0 spiro atoms. The zero-order chi connectivity index (χ0) is 13.0. The highest BCUT2D eigenvalue weighted by Gasteiger charge is 2.06. The Morgan fingerprint density at radius 2 is 2.17 bits per heavy atom. The summed E-state index contributed by atoms with van der Waals surface area (Å²) in [6.07, 6.45) is 4.13. The number of nitrogens with two attached hydrogens (primary N) is 1. The van der Waals surface area contributed by atoms with Gasteiger partial charge >= 0.3 is 0 Å². The molecule has 1 unspecified atom stereocenters. The third kappa shape index (κ3) is 2.92. The van der Waals surface area contributed by atoms with Gasteiger partial charge in [0.1, 0.15) is 0 Å². The summed E-state index contributed by atoms with van der Waals surface area (Å²) in [5.74, 6) is 0. The molecule has 98 valence electrons. The smallest absolute Gasteiger partial charge is 0.0483 e. The van der Waals surface area contributed by atoms with E-state index in [4.69, 9.17) is 10.5 Å². The number of hydrogen-bond donors (Lipinski definition) is 1. The minimum absolute atomic E-state index is 0.201. The lowest BCUT2D eigenvalue weighted by Crippen LogP contribution is -2.17. The monoisotopic (exact) mass is 246 g/mol. The van der Waals surface area contributed by atoms with Gasteiger partial charge in [-0.05, 0) is 37.5 Å². The normalized spacial score (nSPS) is 13.1. The number of methoxy groups -OCH3 is 1. The van der Waals surface area contributed by atoms with Gasteiger partial charge in [0.05, 0.1) is 0 Å². The highest BCUT2D eigenvalue weighted by atomic mass is 16.5. The molecule has 1 aromatic carbocycles. The molecular weight excluding hydrogens is 224 g/mol. The Morgan fingerprint density at radius 1 is 1.33 bits per heavy atom. The lowest BCUT2D eigenvalue weighted by Gasteiger charge is -2.09. The number of ether oxygens (including phenoxy) is 1. The molecule has 0 saturated heterocycles. The fraction of sp³-hybridized carbons (Fsp3) is 0.467. The molecule has 2 N–H and O–H groups in total. The molecule has 2 aromatic rings. The zero-order valence-corrected chi connectivity index (χ0v) is 11.2. The molecule has 1 heterocycles. The van der Waals surface area contributed by atoms with E-state index < -0.39 is 0 Å². The molecule has 0 radical (unpaired) electrons. The molecule has 18 heavy (non-hydrogen) atoms. The first kappa shape index (κ1) is 13.1. The second-order valence-electron chi connectivity index (χ2n) is 4.89. The van der Waals surface area contributed by atoms with E-state index in [0.29, 0.717) is 0 Å². The maximum atomic E-state index is 5.90. The molecule has 2 rings (SSSR count). The van der Waals surface area contributed by atoms with Crippen molar-refractivity contribution in [2.75, 3.05) is 13.7 Å². The lowest BCUT2D eigenvalue weighted by molar-refractivity contribution is 0.190. The Labute approximate surface area is 109 Å². The van der Waals surface area contributed by atoms with Gasteiger partial charge in [-0.25, -0.2) is 0 Å². The van der Waals surface area contributed by atoms with Crippen molar-refractivity contribution in [2.24, 2.45) is 5.73 Å². The predicted octanol–water partition coefficient (Wildman–Crippen LogP) is 2.57. The Kier molecular flexibility index (Phi) is 4.39. The summed E-state index contributed by atoms with van der Waals surface area (Å²) >= 11 is 0. The number of rotatable bonds is 6. The number of aryl methyl sites for hydroxylation is 1. The third-order valence-electron chi connectivity index (χ3n) is 3.19. The van der Waals surface area contributed by atoms with Crippen LogP contribution in [-0.2, 0) is 17.7 Å². The van der Waals surface area contributed by atoms with Crippen molar-refractivity contribution in [2.45, 2.75) is 32.4 Å². The minimum atomic E-state index is 0.201. The number of fused-ring (bicyclic) bond motifs is 1. The van der Waals surface area contributed by atoms with Gasteiger partial charge in [0.15, 0.2) is 0 Å². The van der Waals surface area contributed by atoms with Crippen molar-refractivity contribution in [1.82, 2.24) is 4.57 Å². The van der Waals surface area contributed by atoms with Crippen LogP contribution < -0.4 is 5.73 Å². The van der Waals surface area contributed by atoms with E-state index >= 15 is 0 Å². The van der Waals surface area contributed by atoms with Gasteiger partial charge in [-0.1, -0.05) is 12.1 Å². The van der Waals surface area contributed by atoms with E-state index in [-0.39, 0.29) is 6.04 Å². The van der Waals surface area contributed by atoms with Crippen molar-refractivity contribution in [1.29, 1.82) is 0 Å². The summed E-state index contributed by atoms with van der Waals surface area (Å²) in [4.78, 5) is 0. The van der Waals surface area contributed by atoms with Gasteiger partial charge < -0.3 is 15.0 Å². The SMILES string of the molecule is COCCCn1ccc2c(CC(C)N)cccc21. The number of benzene rings is 1. The number of aromatic nitrogens is 1. The van der Waals surface area contributed by atoms with Gasteiger partial charge in [0.2, 0.25) is 0 Å². The highest BCUT2D eigenvalue weighted by molar-refractivity contribution is 5.83. The van der Waals surface area contributed by atoms with Crippen molar-refractivity contribution in [3.05, 3.63) is 36.0 Å². The lowest BCUT2D eigenvalue weighted by atomic mass is 10.0. The Bertz CT molecular complexity index is 502. The molecule has 0 bridgehead atoms. The first-order chi connectivity index (χ1) is 8.72. The minimum Gasteiger partial charge on any atom is -0.385 e. The van der Waals surface area contributed by atoms with Crippen LogP contribution in [0.5, 0.6) is 0 Å². The van der Waals surface area contributed by atoms with Gasteiger partial charge in [0.25, 0.3) is 0 Å². The third-order valence-corrected chi connectivity index (χ3v) is 3.19. The van der Waals surface area contributed by atoms with E-state index in [1.165, 1.54) is 16.5 Å². The van der Waals surface area contributed by atoms with E-state index in [1.807, 2.05) is 0 Å². The van der Waals surface area contributed by atoms with Crippen LogP contribution in [0.25, 0.3) is 10.9 Å². The second kappa shape index (κ2) is 6.03. The standard InChI is InChI=1S/C15H22N2O/c1-12(16)11-13-5-3-6-15-14(13)7-9-17(15)8-4-10-18-2/h3,5-7,9,12H,4,8,10-11,16H2,1-2H3. The molecule has 0 fully saturated rings. The molecule has 3 nitrogen and oxygen atoms in total. The Hall–Kier alpha value is -1.32. The summed E-state index contributed by atoms with van der Waals surface area (Å²) in [5.41, 5.74) is 8.53. The average molecular weight is 246 g/mol. The topological polar surface area (TPSA) is 40.2 Å². The molecule has 0 aliphatic rings. The van der Waals surface area contributed by atoms with Crippen LogP contribution in [0.2, 0.25) is 0 Å². The van der Waals surface area contributed by atoms with Crippen molar-refractivity contribution in [3.63, 3.8) is 0 Å². The Balaban J connectivity index is 2.24. The molecule has 1 atom stereocenters. The van der Waals surface area contributed by atoms with Crippen LogP contribution in [0.15, 0.2) is 30.5 Å². The average Bonchev–Trinajstić information content (AvgIpc) is 2.74. The van der Waals surface area contributed by atoms with Crippen LogP contribution in [0, 0.1) is 0 Å². The fourth-order valence-electron chi connectivity index (χ4n) is 2.39. The molecular formula is C15H22N2O. The maximum Gasteiger partial charge on any atom is 0.0483 e. The molecule has 0 aliphatic heterocycles. The predicted molar refractivity (Wildman–Crippen MR) is 75.8 cm³/mol. The molecule has 0 saturated carbocycles. The first-order valence-electron chi connectivity index (χ1n) is 6.53. The molecule has 3 heteroatoms. The summed E-state index contributed by atoms with van der Waals surface area (Å²) in [6.45, 7) is 3.85.